The molecule has 0 saturated carbocycles. The van der Waals surface area contributed by atoms with Crippen molar-refractivity contribution in [1.82, 2.24) is 36.6 Å². The van der Waals surface area contributed by atoms with Gasteiger partial charge in [0.2, 0.25) is 44.5 Å². The zero-order chi connectivity index (χ0) is 34.7. The van der Waals surface area contributed by atoms with Crippen molar-refractivity contribution in [2.24, 2.45) is 0 Å². The number of aromatic nitrogens is 2. The van der Waals surface area contributed by atoms with Gasteiger partial charge in [-0.25, -0.2) is 23.2 Å². The second-order valence-electron chi connectivity index (χ2n) is 9.75. The molecule has 0 aliphatic heterocycles. The minimum atomic E-state index is -3.51. The van der Waals surface area contributed by atoms with Gasteiger partial charge in [0.15, 0.2) is 0 Å². The van der Waals surface area contributed by atoms with Gasteiger partial charge in [-0.3, -0.25) is 24.0 Å². The molecule has 1 aromatic carbocycles. The molecule has 0 spiro atoms. The van der Waals surface area contributed by atoms with E-state index in [0.717, 1.165) is 11.8 Å². The number of sulfone groups is 1. The summed E-state index contributed by atoms with van der Waals surface area (Å²) in [5.41, 5.74) is 1.13. The fourth-order valence-electron chi connectivity index (χ4n) is 3.51. The van der Waals surface area contributed by atoms with Crippen LogP contribution in [0.15, 0.2) is 47.9 Å². The van der Waals surface area contributed by atoms with Crippen molar-refractivity contribution in [3.63, 3.8) is 0 Å². The van der Waals surface area contributed by atoms with Crippen LogP contribution in [0.1, 0.15) is 30.4 Å². The van der Waals surface area contributed by atoms with E-state index >= 15 is 0 Å². The van der Waals surface area contributed by atoms with E-state index in [1.807, 2.05) is 0 Å². The summed E-state index contributed by atoms with van der Waals surface area (Å²) in [5, 5.41) is 20.2. The predicted molar refractivity (Wildman–Crippen MR) is 164 cm³/mol. The van der Waals surface area contributed by atoms with Gasteiger partial charge in [-0.2, -0.15) is 0 Å². The summed E-state index contributed by atoms with van der Waals surface area (Å²) >= 11 is 0. The molecule has 5 amide bonds. The molecule has 2 aromatic rings. The van der Waals surface area contributed by atoms with Crippen LogP contribution in [0.2, 0.25) is 0 Å². The van der Waals surface area contributed by atoms with Crippen LogP contribution < -0.4 is 26.6 Å². The molecule has 0 bridgehead atoms. The Hall–Kier alpha value is -5.41. The SMILES string of the molecule is CS(=O)(=O)c1ncc(C#CCCCC(=O)NCC(=O)NCC(=O)N[C@@H](Cc2ccccc2)C(=O)NCC(=O)NCOCC(=O)O)cn1. The number of carboxylic acid groups (broad SMARTS) is 1. The minimum absolute atomic E-state index is 0.0790. The quantitative estimate of drug-likeness (QED) is 0.0421. The van der Waals surface area contributed by atoms with Gasteiger partial charge in [0.25, 0.3) is 0 Å². The summed E-state index contributed by atoms with van der Waals surface area (Å²) in [6.45, 7) is -2.32. The molecule has 6 N–H and O–H groups in total. The first-order valence-electron chi connectivity index (χ1n) is 14.0. The molecule has 0 aliphatic carbocycles. The number of hydrogen-bond acceptors (Lipinski definition) is 11. The zero-order valence-corrected chi connectivity index (χ0v) is 26.2. The molecule has 0 unspecified atom stereocenters. The Morgan fingerprint density at radius 2 is 1.49 bits per heavy atom. The largest absolute Gasteiger partial charge is 0.480 e. The smallest absolute Gasteiger partial charge is 0.329 e. The van der Waals surface area contributed by atoms with Crippen molar-refractivity contribution in [3.8, 4) is 11.8 Å². The van der Waals surface area contributed by atoms with Gasteiger partial charge >= 0.3 is 5.97 Å². The maximum absolute atomic E-state index is 12.8. The molecule has 0 aliphatic rings. The summed E-state index contributed by atoms with van der Waals surface area (Å²) in [7, 11) is -3.51. The van der Waals surface area contributed by atoms with Crippen LogP contribution in [0.5, 0.6) is 0 Å². The normalized spacial score (nSPS) is 11.2. The minimum Gasteiger partial charge on any atom is -0.480 e. The molecule has 0 fully saturated rings. The lowest BCUT2D eigenvalue weighted by atomic mass is 10.1. The predicted octanol–water partition coefficient (Wildman–Crippen LogP) is -2.35. The number of amides is 5. The topological polar surface area (TPSA) is 252 Å². The van der Waals surface area contributed by atoms with Crippen LogP contribution in [0.4, 0.5) is 0 Å². The number of nitrogens with one attached hydrogen (secondary N) is 5. The number of unbranched alkanes of at least 4 members (excludes halogenated alkanes) is 1. The number of carbonyl (C=O) groups is 6. The fraction of sp³-hybridized carbons (Fsp3) is 0.379. The maximum atomic E-state index is 12.8. The summed E-state index contributed by atoms with van der Waals surface area (Å²) in [6, 6.07) is 7.66. The monoisotopic (exact) mass is 673 g/mol. The van der Waals surface area contributed by atoms with E-state index in [-0.39, 0.29) is 31.3 Å². The zero-order valence-electron chi connectivity index (χ0n) is 25.4. The number of carbonyl (C=O) groups excluding carboxylic acids is 5. The molecule has 1 atom stereocenters. The average molecular weight is 674 g/mol. The van der Waals surface area contributed by atoms with Crippen LogP contribution in [-0.4, -0.2) is 104 Å². The third-order valence-electron chi connectivity index (χ3n) is 5.74. The number of hydrogen-bond donors (Lipinski definition) is 6. The molecule has 0 radical (unpaired) electrons. The highest BCUT2D eigenvalue weighted by molar-refractivity contribution is 7.90. The molecule has 252 valence electrons. The number of aliphatic carboxylic acids is 1. The van der Waals surface area contributed by atoms with E-state index in [2.05, 4.69) is 48.4 Å². The Morgan fingerprint density at radius 1 is 0.872 bits per heavy atom. The van der Waals surface area contributed by atoms with Crippen molar-refractivity contribution in [2.75, 3.05) is 39.2 Å². The third kappa shape index (κ3) is 16.5. The molecule has 2 rings (SSSR count). The van der Waals surface area contributed by atoms with Gasteiger partial charge in [-0.15, -0.1) is 0 Å². The molecular formula is C29H35N7O10S. The number of nitrogens with zero attached hydrogens (tertiary/aromatic N) is 2. The highest BCUT2D eigenvalue weighted by Crippen LogP contribution is 2.04. The van der Waals surface area contributed by atoms with Crippen LogP contribution in [0, 0.1) is 11.8 Å². The van der Waals surface area contributed by atoms with Gasteiger partial charge in [-0.1, -0.05) is 42.2 Å². The molecule has 47 heavy (non-hydrogen) atoms. The van der Waals surface area contributed by atoms with Crippen LogP contribution in [0.3, 0.4) is 0 Å². The summed E-state index contributed by atoms with van der Waals surface area (Å²) < 4.78 is 27.5. The molecule has 17 nitrogen and oxygen atoms in total. The van der Waals surface area contributed by atoms with Crippen LogP contribution in [-0.2, 0) is 49.8 Å². The number of carboxylic acids is 1. The van der Waals surface area contributed by atoms with Crippen molar-refractivity contribution in [2.45, 2.75) is 36.9 Å². The number of benzene rings is 1. The Kier molecular flexibility index (Phi) is 16.0. The van der Waals surface area contributed by atoms with Gasteiger partial charge in [0, 0.05) is 37.9 Å². The second-order valence-corrected chi connectivity index (χ2v) is 11.7. The van der Waals surface area contributed by atoms with E-state index in [4.69, 9.17) is 9.84 Å². The van der Waals surface area contributed by atoms with Crippen molar-refractivity contribution >= 4 is 45.3 Å². The van der Waals surface area contributed by atoms with Gasteiger partial charge in [0.1, 0.15) is 19.4 Å². The number of ether oxygens (including phenoxy) is 1. The maximum Gasteiger partial charge on any atom is 0.329 e. The lowest BCUT2D eigenvalue weighted by Gasteiger charge is -2.19. The lowest BCUT2D eigenvalue weighted by molar-refractivity contribution is -0.143. The van der Waals surface area contributed by atoms with E-state index in [1.165, 1.54) is 12.4 Å². The van der Waals surface area contributed by atoms with E-state index in [1.54, 1.807) is 30.3 Å². The second kappa shape index (κ2) is 19.9. The highest BCUT2D eigenvalue weighted by atomic mass is 32.2. The molecule has 18 heteroatoms. The first kappa shape index (κ1) is 37.8. The summed E-state index contributed by atoms with van der Waals surface area (Å²) in [5.74, 6) is 1.31. The Labute approximate surface area is 270 Å². The van der Waals surface area contributed by atoms with E-state index in [0.29, 0.717) is 18.4 Å². The molecule has 1 heterocycles. The third-order valence-corrected chi connectivity index (χ3v) is 6.62. The first-order valence-corrected chi connectivity index (χ1v) is 15.9. The number of rotatable bonds is 18. The Bertz CT molecular complexity index is 1570. The Balaban J connectivity index is 1.73. The fourth-order valence-corrected chi connectivity index (χ4v) is 4.00. The molecular weight excluding hydrogens is 638 g/mol. The Morgan fingerprint density at radius 3 is 2.15 bits per heavy atom. The first-order chi connectivity index (χ1) is 22.3. The van der Waals surface area contributed by atoms with Gasteiger partial charge in [-0.05, 0) is 12.0 Å². The van der Waals surface area contributed by atoms with E-state index in [9.17, 15) is 37.2 Å². The van der Waals surface area contributed by atoms with Crippen molar-refractivity contribution < 1.29 is 47.0 Å². The molecule has 0 saturated heterocycles. The summed E-state index contributed by atoms with van der Waals surface area (Å²) in [4.78, 5) is 79.4. The van der Waals surface area contributed by atoms with Crippen molar-refractivity contribution in [3.05, 3.63) is 53.9 Å². The van der Waals surface area contributed by atoms with Gasteiger partial charge < -0.3 is 36.4 Å². The van der Waals surface area contributed by atoms with E-state index < -0.39 is 71.1 Å². The highest BCUT2D eigenvalue weighted by Gasteiger charge is 2.22. The van der Waals surface area contributed by atoms with Crippen LogP contribution in [0.25, 0.3) is 0 Å². The standard InChI is InChI=1S/C29H35N7O10S/c1-47(44,45)29-33-13-21(14-34-29)10-6-3-7-11-23(37)30-15-24(38)31-17-26(40)36-22(12-20-8-4-2-5-9-20)28(43)32-16-25(39)35-19-46-18-27(41)42/h2,4-5,8-9,13-14,22H,3,7,11-12,15-19H2,1H3,(H,30,37)(H,31,38)(H,32,43)(H,35,39)(H,36,40)(H,41,42)/t22-/m0/s1. The van der Waals surface area contributed by atoms with Gasteiger partial charge in [0.05, 0.1) is 25.2 Å². The molecule has 1 aromatic heterocycles. The summed E-state index contributed by atoms with van der Waals surface area (Å²) in [6.07, 6.45) is 4.46. The van der Waals surface area contributed by atoms with Crippen molar-refractivity contribution in [1.29, 1.82) is 0 Å². The average Bonchev–Trinajstić information content (AvgIpc) is 3.03. The lowest BCUT2D eigenvalue weighted by Crippen LogP contribution is -2.52. The van der Waals surface area contributed by atoms with Crippen LogP contribution >= 0.6 is 0 Å².